The first-order chi connectivity index (χ1) is 7.63. The van der Waals surface area contributed by atoms with Gasteiger partial charge in [-0.25, -0.2) is 0 Å². The molecule has 16 heavy (non-hydrogen) atoms. The Bertz CT molecular complexity index is 599. The first-order valence-corrected chi connectivity index (χ1v) is 5.17. The largest absolute Gasteiger partial charge is 0.335 e. The van der Waals surface area contributed by atoms with Gasteiger partial charge in [-0.1, -0.05) is 17.6 Å². The fourth-order valence-corrected chi connectivity index (χ4v) is 1.92. The molecule has 0 aliphatic carbocycles. The molecule has 1 aromatic carbocycles. The van der Waals surface area contributed by atoms with Crippen LogP contribution in [-0.2, 0) is 6.54 Å². The van der Waals surface area contributed by atoms with Crippen LogP contribution in [0, 0.1) is 19.3 Å². The minimum absolute atomic E-state index is 0.0753. The topological polar surface area (TPSA) is 22.0 Å². The zero-order valence-electron chi connectivity index (χ0n) is 9.45. The van der Waals surface area contributed by atoms with Crippen molar-refractivity contribution in [3.8, 4) is 12.3 Å². The Balaban J connectivity index is 2.77. The molecule has 0 N–H and O–H groups in total. The third kappa shape index (κ3) is 1.61. The van der Waals surface area contributed by atoms with Gasteiger partial charge in [0.1, 0.15) is 0 Å². The number of aryl methyl sites for hydroxylation is 1. The lowest BCUT2D eigenvalue weighted by Crippen LogP contribution is -1.93. The first-order valence-electron chi connectivity index (χ1n) is 5.17. The maximum atomic E-state index is 11.5. The molecule has 1 heterocycles. The molecule has 0 spiro atoms. The van der Waals surface area contributed by atoms with Crippen molar-refractivity contribution < 1.29 is 4.79 Å². The van der Waals surface area contributed by atoms with Crippen LogP contribution in [0.4, 0.5) is 0 Å². The van der Waals surface area contributed by atoms with Gasteiger partial charge >= 0.3 is 0 Å². The quantitative estimate of drug-likeness (QED) is 0.553. The number of aromatic nitrogens is 1. The summed E-state index contributed by atoms with van der Waals surface area (Å²) in [5, 5.41) is 0.989. The number of nitrogens with zero attached hydrogens (tertiary/aromatic N) is 1. The molecule has 2 nitrogen and oxygen atoms in total. The second kappa shape index (κ2) is 3.86. The fraction of sp³-hybridized carbons (Fsp3) is 0.214. The van der Waals surface area contributed by atoms with Crippen molar-refractivity contribution in [3.05, 3.63) is 35.5 Å². The zero-order chi connectivity index (χ0) is 11.7. The molecule has 0 saturated heterocycles. The van der Waals surface area contributed by atoms with E-state index in [2.05, 4.69) is 5.92 Å². The Morgan fingerprint density at radius 2 is 2.25 bits per heavy atom. The van der Waals surface area contributed by atoms with Crippen molar-refractivity contribution in [1.82, 2.24) is 4.57 Å². The smallest absolute Gasteiger partial charge is 0.161 e. The molecule has 0 unspecified atom stereocenters. The highest BCUT2D eigenvalue weighted by atomic mass is 16.1. The summed E-state index contributed by atoms with van der Waals surface area (Å²) in [4.78, 5) is 11.5. The van der Waals surface area contributed by atoms with Gasteiger partial charge in [-0.3, -0.25) is 4.79 Å². The molecule has 0 radical (unpaired) electrons. The zero-order valence-corrected chi connectivity index (χ0v) is 9.45. The minimum Gasteiger partial charge on any atom is -0.335 e. The Kier molecular flexibility index (Phi) is 2.54. The van der Waals surface area contributed by atoms with E-state index in [1.54, 1.807) is 6.92 Å². The molecular weight excluding hydrogens is 198 g/mol. The van der Waals surface area contributed by atoms with E-state index in [0.717, 1.165) is 22.0 Å². The molecule has 0 aliphatic heterocycles. The van der Waals surface area contributed by atoms with E-state index in [4.69, 9.17) is 6.42 Å². The lowest BCUT2D eigenvalue weighted by Gasteiger charge is -1.99. The van der Waals surface area contributed by atoms with Gasteiger partial charge in [-0.2, -0.15) is 0 Å². The van der Waals surface area contributed by atoms with Crippen molar-refractivity contribution in [2.75, 3.05) is 0 Å². The molecule has 0 bridgehead atoms. The SMILES string of the molecule is C#CCn1cc(C(C)=O)c2cc(C)ccc21. The molecule has 1 aromatic heterocycles. The number of hydrogen-bond acceptors (Lipinski definition) is 1. The van der Waals surface area contributed by atoms with Gasteiger partial charge in [-0.05, 0) is 26.0 Å². The van der Waals surface area contributed by atoms with Gasteiger partial charge in [0.15, 0.2) is 5.78 Å². The maximum Gasteiger partial charge on any atom is 0.161 e. The highest BCUT2D eigenvalue weighted by Gasteiger charge is 2.11. The molecule has 0 amide bonds. The van der Waals surface area contributed by atoms with E-state index in [-0.39, 0.29) is 5.78 Å². The summed E-state index contributed by atoms with van der Waals surface area (Å²) in [6.07, 6.45) is 7.15. The van der Waals surface area contributed by atoms with Crippen molar-refractivity contribution in [2.45, 2.75) is 20.4 Å². The van der Waals surface area contributed by atoms with Crippen molar-refractivity contribution in [1.29, 1.82) is 0 Å². The van der Waals surface area contributed by atoms with E-state index >= 15 is 0 Å². The van der Waals surface area contributed by atoms with Gasteiger partial charge in [0.05, 0.1) is 6.54 Å². The predicted octanol–water partition coefficient (Wildman–Crippen LogP) is 2.79. The summed E-state index contributed by atoms with van der Waals surface area (Å²) in [5.74, 6) is 2.67. The standard InChI is InChI=1S/C14H13NO/c1-4-7-15-9-13(11(3)16)12-8-10(2)5-6-14(12)15/h1,5-6,8-9H,7H2,2-3H3. The fourth-order valence-electron chi connectivity index (χ4n) is 1.92. The predicted molar refractivity (Wildman–Crippen MR) is 65.5 cm³/mol. The van der Waals surface area contributed by atoms with Crippen molar-refractivity contribution in [2.24, 2.45) is 0 Å². The average Bonchev–Trinajstić information content (AvgIpc) is 2.57. The number of hydrogen-bond donors (Lipinski definition) is 0. The van der Waals surface area contributed by atoms with Gasteiger partial charge < -0.3 is 4.57 Å². The normalized spacial score (nSPS) is 10.3. The number of fused-ring (bicyclic) bond motifs is 1. The van der Waals surface area contributed by atoms with Crippen LogP contribution >= 0.6 is 0 Å². The van der Waals surface area contributed by atoms with Gasteiger partial charge in [0, 0.05) is 22.7 Å². The first kappa shape index (κ1) is 10.5. The molecular formula is C14H13NO. The third-order valence-corrected chi connectivity index (χ3v) is 2.68. The Morgan fingerprint density at radius 3 is 2.88 bits per heavy atom. The van der Waals surface area contributed by atoms with E-state index in [9.17, 15) is 4.79 Å². The maximum absolute atomic E-state index is 11.5. The lowest BCUT2D eigenvalue weighted by atomic mass is 10.1. The van der Waals surface area contributed by atoms with Crippen LogP contribution in [0.5, 0.6) is 0 Å². The molecule has 2 rings (SSSR count). The Hall–Kier alpha value is -2.01. The van der Waals surface area contributed by atoms with Crippen molar-refractivity contribution >= 4 is 16.7 Å². The van der Waals surface area contributed by atoms with Crippen LogP contribution in [0.2, 0.25) is 0 Å². The summed E-state index contributed by atoms with van der Waals surface area (Å²) in [5.41, 5.74) is 2.91. The summed E-state index contributed by atoms with van der Waals surface area (Å²) in [7, 11) is 0. The van der Waals surface area contributed by atoms with Gasteiger partial charge in [0.2, 0.25) is 0 Å². The number of ketones is 1. The number of carbonyl (C=O) groups excluding carboxylic acids is 1. The molecule has 0 fully saturated rings. The Morgan fingerprint density at radius 1 is 1.50 bits per heavy atom. The molecule has 2 aromatic rings. The number of rotatable bonds is 2. The van der Waals surface area contributed by atoms with E-state index in [1.165, 1.54) is 0 Å². The molecule has 2 heteroatoms. The summed E-state index contributed by atoms with van der Waals surface area (Å²) in [6, 6.07) is 6.06. The highest BCUT2D eigenvalue weighted by molar-refractivity contribution is 6.07. The summed E-state index contributed by atoms with van der Waals surface area (Å²) in [6.45, 7) is 4.09. The molecule has 0 atom stereocenters. The second-order valence-electron chi connectivity index (χ2n) is 3.95. The molecule has 0 saturated carbocycles. The van der Waals surface area contributed by atoms with Crippen LogP contribution in [0.15, 0.2) is 24.4 Å². The summed E-state index contributed by atoms with van der Waals surface area (Å²) >= 11 is 0. The van der Waals surface area contributed by atoms with Crippen molar-refractivity contribution in [3.63, 3.8) is 0 Å². The number of Topliss-reactive ketones (excluding diaryl/α,β-unsaturated/α-hetero) is 1. The van der Waals surface area contributed by atoms with Crippen LogP contribution in [-0.4, -0.2) is 10.4 Å². The highest BCUT2D eigenvalue weighted by Crippen LogP contribution is 2.23. The number of benzene rings is 1. The summed E-state index contributed by atoms with van der Waals surface area (Å²) < 4.78 is 1.94. The van der Waals surface area contributed by atoms with Crippen LogP contribution < -0.4 is 0 Å². The Labute approximate surface area is 94.9 Å². The minimum atomic E-state index is 0.0753. The van der Waals surface area contributed by atoms with Crippen LogP contribution in [0.1, 0.15) is 22.8 Å². The van der Waals surface area contributed by atoms with E-state index < -0.39 is 0 Å². The van der Waals surface area contributed by atoms with E-state index in [1.807, 2.05) is 35.9 Å². The van der Waals surface area contributed by atoms with Gasteiger partial charge in [0.25, 0.3) is 0 Å². The average molecular weight is 211 g/mol. The van der Waals surface area contributed by atoms with E-state index in [0.29, 0.717) is 6.54 Å². The number of terminal acetylenes is 1. The van der Waals surface area contributed by atoms with Gasteiger partial charge in [-0.15, -0.1) is 6.42 Å². The lowest BCUT2D eigenvalue weighted by molar-refractivity contribution is 0.101. The monoisotopic (exact) mass is 211 g/mol. The number of carbonyl (C=O) groups is 1. The van der Waals surface area contributed by atoms with Crippen LogP contribution in [0.25, 0.3) is 10.9 Å². The van der Waals surface area contributed by atoms with Crippen LogP contribution in [0.3, 0.4) is 0 Å². The third-order valence-electron chi connectivity index (χ3n) is 2.68. The molecule has 80 valence electrons. The second-order valence-corrected chi connectivity index (χ2v) is 3.95. The molecule has 0 aliphatic rings.